The Labute approximate surface area is 123 Å². The molecule has 0 unspecified atom stereocenters. The number of carbonyl (C=O) groups excluding carboxylic acids is 1. The summed E-state index contributed by atoms with van der Waals surface area (Å²) in [4.78, 5) is 11.7. The highest BCUT2D eigenvalue weighted by molar-refractivity contribution is 5.88. The van der Waals surface area contributed by atoms with Gasteiger partial charge in [-0.15, -0.1) is 5.10 Å². The zero-order valence-electron chi connectivity index (χ0n) is 12.2. The summed E-state index contributed by atoms with van der Waals surface area (Å²) in [5.74, 6) is -0.466. The molecule has 0 saturated carbocycles. The van der Waals surface area contributed by atoms with Crippen LogP contribution in [0, 0.1) is 0 Å². The summed E-state index contributed by atoms with van der Waals surface area (Å²) < 4.78 is 6.64. The predicted octanol–water partition coefficient (Wildman–Crippen LogP) is 1.55. The molecule has 0 amide bonds. The highest BCUT2D eigenvalue weighted by Crippen LogP contribution is 2.09. The number of aryl methyl sites for hydroxylation is 2. The molecule has 6 heteroatoms. The van der Waals surface area contributed by atoms with E-state index in [1.54, 1.807) is 11.6 Å². The molecular weight excluding hydrogens is 268 g/mol. The maximum Gasteiger partial charge on any atom is 0.360 e. The van der Waals surface area contributed by atoms with Gasteiger partial charge in [0.2, 0.25) is 0 Å². The first-order valence-corrected chi connectivity index (χ1v) is 7.09. The Kier molecular flexibility index (Phi) is 5.45. The SMILES string of the molecule is CCOC(=O)c1nnn(CCCc2ccccc2)c1CN. The van der Waals surface area contributed by atoms with E-state index in [0.717, 1.165) is 12.8 Å². The van der Waals surface area contributed by atoms with Crippen LogP contribution in [0.5, 0.6) is 0 Å². The van der Waals surface area contributed by atoms with Gasteiger partial charge in [0.25, 0.3) is 0 Å². The van der Waals surface area contributed by atoms with Gasteiger partial charge in [-0.1, -0.05) is 35.5 Å². The van der Waals surface area contributed by atoms with Crippen LogP contribution in [0.1, 0.15) is 35.1 Å². The topological polar surface area (TPSA) is 83.0 Å². The number of nitrogens with zero attached hydrogens (tertiary/aromatic N) is 3. The van der Waals surface area contributed by atoms with Crippen molar-refractivity contribution >= 4 is 5.97 Å². The van der Waals surface area contributed by atoms with E-state index in [9.17, 15) is 4.79 Å². The van der Waals surface area contributed by atoms with Gasteiger partial charge < -0.3 is 10.5 Å². The van der Waals surface area contributed by atoms with Crippen LogP contribution in [0.25, 0.3) is 0 Å². The minimum Gasteiger partial charge on any atom is -0.461 e. The van der Waals surface area contributed by atoms with Crippen LogP contribution in [-0.4, -0.2) is 27.6 Å². The molecule has 0 aliphatic rings. The molecule has 2 aromatic rings. The summed E-state index contributed by atoms with van der Waals surface area (Å²) in [5, 5.41) is 7.90. The highest BCUT2D eigenvalue weighted by atomic mass is 16.5. The zero-order chi connectivity index (χ0) is 15.1. The van der Waals surface area contributed by atoms with Crippen LogP contribution in [0.4, 0.5) is 0 Å². The van der Waals surface area contributed by atoms with Gasteiger partial charge in [-0.05, 0) is 25.3 Å². The number of ether oxygens (including phenoxy) is 1. The molecule has 0 fully saturated rings. The van der Waals surface area contributed by atoms with Gasteiger partial charge >= 0.3 is 5.97 Å². The van der Waals surface area contributed by atoms with Crippen molar-refractivity contribution in [2.75, 3.05) is 6.61 Å². The quantitative estimate of drug-likeness (QED) is 0.781. The van der Waals surface area contributed by atoms with Crippen molar-refractivity contribution in [3.05, 3.63) is 47.3 Å². The van der Waals surface area contributed by atoms with Crippen LogP contribution in [-0.2, 0) is 24.2 Å². The fourth-order valence-electron chi connectivity index (χ4n) is 2.15. The summed E-state index contributed by atoms with van der Waals surface area (Å²) in [6.45, 7) is 2.95. The van der Waals surface area contributed by atoms with E-state index in [4.69, 9.17) is 10.5 Å². The summed E-state index contributed by atoms with van der Waals surface area (Å²) in [6.07, 6.45) is 1.85. The fraction of sp³-hybridized carbons (Fsp3) is 0.400. The Bertz CT molecular complexity index is 581. The lowest BCUT2D eigenvalue weighted by Gasteiger charge is -2.06. The van der Waals surface area contributed by atoms with Gasteiger partial charge in [-0.25, -0.2) is 9.48 Å². The third kappa shape index (κ3) is 3.88. The van der Waals surface area contributed by atoms with Crippen molar-refractivity contribution in [1.29, 1.82) is 0 Å². The molecule has 2 rings (SSSR count). The molecule has 0 bridgehead atoms. The number of esters is 1. The molecule has 0 aliphatic heterocycles. The Balaban J connectivity index is 1.98. The van der Waals surface area contributed by atoms with E-state index in [1.165, 1.54) is 5.56 Å². The number of benzene rings is 1. The van der Waals surface area contributed by atoms with Crippen LogP contribution in [0.3, 0.4) is 0 Å². The normalized spacial score (nSPS) is 10.6. The average Bonchev–Trinajstić information content (AvgIpc) is 2.91. The first kappa shape index (κ1) is 15.2. The smallest absolute Gasteiger partial charge is 0.360 e. The van der Waals surface area contributed by atoms with Crippen molar-refractivity contribution in [2.45, 2.75) is 32.9 Å². The van der Waals surface area contributed by atoms with E-state index in [0.29, 0.717) is 18.8 Å². The number of hydrogen-bond acceptors (Lipinski definition) is 5. The number of nitrogens with two attached hydrogens (primary N) is 1. The highest BCUT2D eigenvalue weighted by Gasteiger charge is 2.19. The number of rotatable bonds is 7. The maximum atomic E-state index is 11.7. The summed E-state index contributed by atoms with van der Waals surface area (Å²) in [7, 11) is 0. The first-order valence-electron chi connectivity index (χ1n) is 7.09. The standard InChI is InChI=1S/C15H20N4O2/c1-2-21-15(20)14-13(11-16)19(18-17-14)10-6-9-12-7-4-3-5-8-12/h3-5,7-8H,2,6,9-11,16H2,1H3. The van der Waals surface area contributed by atoms with Crippen LogP contribution < -0.4 is 5.73 Å². The minimum absolute atomic E-state index is 0.215. The van der Waals surface area contributed by atoms with Gasteiger partial charge in [0.15, 0.2) is 5.69 Å². The number of hydrogen-bond donors (Lipinski definition) is 1. The third-order valence-corrected chi connectivity index (χ3v) is 3.18. The zero-order valence-corrected chi connectivity index (χ0v) is 12.2. The second-order valence-electron chi connectivity index (χ2n) is 4.62. The fourth-order valence-corrected chi connectivity index (χ4v) is 2.15. The summed E-state index contributed by atoms with van der Waals surface area (Å²) >= 11 is 0. The van der Waals surface area contributed by atoms with Gasteiger partial charge in [-0.3, -0.25) is 0 Å². The Morgan fingerprint density at radius 2 is 2.10 bits per heavy atom. The lowest BCUT2D eigenvalue weighted by atomic mass is 10.1. The van der Waals surface area contributed by atoms with Crippen LogP contribution in [0.2, 0.25) is 0 Å². The number of carbonyl (C=O) groups is 1. The Hall–Kier alpha value is -2.21. The second-order valence-corrected chi connectivity index (χ2v) is 4.62. The monoisotopic (exact) mass is 288 g/mol. The molecule has 1 heterocycles. The van der Waals surface area contributed by atoms with E-state index < -0.39 is 5.97 Å². The molecule has 1 aromatic carbocycles. The largest absolute Gasteiger partial charge is 0.461 e. The van der Waals surface area contributed by atoms with E-state index in [1.807, 2.05) is 18.2 Å². The molecule has 0 saturated heterocycles. The molecule has 0 radical (unpaired) electrons. The first-order chi connectivity index (χ1) is 10.3. The second kappa shape index (κ2) is 7.54. The minimum atomic E-state index is -0.466. The number of aromatic nitrogens is 3. The molecule has 2 N–H and O–H groups in total. The van der Waals surface area contributed by atoms with Crippen molar-refractivity contribution in [3.8, 4) is 0 Å². The maximum absolute atomic E-state index is 11.7. The van der Waals surface area contributed by atoms with Crippen molar-refractivity contribution in [3.63, 3.8) is 0 Å². The lowest BCUT2D eigenvalue weighted by Crippen LogP contribution is -2.14. The molecule has 112 valence electrons. The van der Waals surface area contributed by atoms with Crippen LogP contribution in [0.15, 0.2) is 30.3 Å². The van der Waals surface area contributed by atoms with E-state index in [2.05, 4.69) is 22.4 Å². The van der Waals surface area contributed by atoms with Crippen LogP contribution >= 0.6 is 0 Å². The Morgan fingerprint density at radius 1 is 1.33 bits per heavy atom. The van der Waals surface area contributed by atoms with E-state index >= 15 is 0 Å². The molecular formula is C15H20N4O2. The van der Waals surface area contributed by atoms with Crippen molar-refractivity contribution in [2.24, 2.45) is 5.73 Å². The van der Waals surface area contributed by atoms with Gasteiger partial charge in [-0.2, -0.15) is 0 Å². The average molecular weight is 288 g/mol. The van der Waals surface area contributed by atoms with Gasteiger partial charge in [0.05, 0.1) is 12.3 Å². The predicted molar refractivity (Wildman–Crippen MR) is 78.6 cm³/mol. The summed E-state index contributed by atoms with van der Waals surface area (Å²) in [6, 6.07) is 10.2. The molecule has 21 heavy (non-hydrogen) atoms. The third-order valence-electron chi connectivity index (χ3n) is 3.18. The van der Waals surface area contributed by atoms with Crippen molar-refractivity contribution in [1.82, 2.24) is 15.0 Å². The van der Waals surface area contributed by atoms with Gasteiger partial charge in [0.1, 0.15) is 0 Å². The molecule has 0 atom stereocenters. The van der Waals surface area contributed by atoms with Gasteiger partial charge in [0, 0.05) is 13.1 Å². The lowest BCUT2D eigenvalue weighted by molar-refractivity contribution is 0.0518. The summed E-state index contributed by atoms with van der Waals surface area (Å²) in [5.41, 5.74) is 7.83. The Morgan fingerprint density at radius 3 is 2.76 bits per heavy atom. The molecule has 0 aliphatic carbocycles. The van der Waals surface area contributed by atoms with Crippen molar-refractivity contribution < 1.29 is 9.53 Å². The molecule has 6 nitrogen and oxygen atoms in total. The molecule has 1 aromatic heterocycles. The molecule has 0 spiro atoms. The van der Waals surface area contributed by atoms with E-state index in [-0.39, 0.29) is 12.2 Å².